The zero-order chi connectivity index (χ0) is 9.17. The minimum atomic E-state index is 0.174. The lowest BCUT2D eigenvalue weighted by Crippen LogP contribution is -2.59. The van der Waals surface area contributed by atoms with Gasteiger partial charge in [0.2, 0.25) is 0 Å². The SMILES string of the molecule is C1=NCC2(O1)C1CC3CC(C1)CC2C3. The molecule has 0 atom stereocenters. The van der Waals surface area contributed by atoms with E-state index >= 15 is 0 Å². The third-order valence-electron chi connectivity index (χ3n) is 5.21. The third kappa shape index (κ3) is 0.768. The minimum absolute atomic E-state index is 0.174. The molecular formula is C12H17NO. The van der Waals surface area contributed by atoms with Gasteiger partial charge in [0.25, 0.3) is 0 Å². The van der Waals surface area contributed by atoms with Gasteiger partial charge in [0, 0.05) is 11.8 Å². The molecule has 1 heterocycles. The first-order valence-corrected chi connectivity index (χ1v) is 6.03. The summed E-state index contributed by atoms with van der Waals surface area (Å²) < 4.78 is 5.93. The molecule has 0 saturated heterocycles. The van der Waals surface area contributed by atoms with Crippen LogP contribution in [0, 0.1) is 23.7 Å². The van der Waals surface area contributed by atoms with Crippen molar-refractivity contribution in [1.82, 2.24) is 0 Å². The smallest absolute Gasteiger partial charge is 0.170 e. The molecule has 0 unspecified atom stereocenters. The second-order valence-electron chi connectivity index (χ2n) is 5.82. The Balaban J connectivity index is 1.74. The number of nitrogens with zero attached hydrogens (tertiary/aromatic N) is 1. The van der Waals surface area contributed by atoms with Gasteiger partial charge in [0.05, 0.1) is 6.54 Å². The number of hydrogen-bond donors (Lipinski definition) is 0. The van der Waals surface area contributed by atoms with Crippen LogP contribution in [0.1, 0.15) is 32.1 Å². The molecule has 5 aliphatic rings. The van der Waals surface area contributed by atoms with Gasteiger partial charge < -0.3 is 4.74 Å². The van der Waals surface area contributed by atoms with E-state index in [0.29, 0.717) is 0 Å². The molecule has 4 saturated carbocycles. The van der Waals surface area contributed by atoms with Crippen LogP contribution >= 0.6 is 0 Å². The van der Waals surface area contributed by atoms with E-state index in [0.717, 1.165) is 30.2 Å². The molecule has 14 heavy (non-hydrogen) atoms. The van der Waals surface area contributed by atoms with Crippen molar-refractivity contribution >= 4 is 6.40 Å². The summed E-state index contributed by atoms with van der Waals surface area (Å²) in [4.78, 5) is 4.34. The van der Waals surface area contributed by atoms with Crippen molar-refractivity contribution in [3.63, 3.8) is 0 Å². The molecular weight excluding hydrogens is 174 g/mol. The normalized spacial score (nSPS) is 58.3. The van der Waals surface area contributed by atoms with Crippen molar-refractivity contribution in [3.8, 4) is 0 Å². The van der Waals surface area contributed by atoms with Gasteiger partial charge in [0.15, 0.2) is 6.40 Å². The Morgan fingerprint density at radius 1 is 1.00 bits per heavy atom. The first-order valence-electron chi connectivity index (χ1n) is 6.03. The summed E-state index contributed by atoms with van der Waals surface area (Å²) in [6, 6.07) is 0. The van der Waals surface area contributed by atoms with E-state index in [2.05, 4.69) is 4.99 Å². The quantitative estimate of drug-likeness (QED) is 0.575. The maximum atomic E-state index is 5.93. The Labute approximate surface area is 84.7 Å². The van der Waals surface area contributed by atoms with Gasteiger partial charge in [-0.05, 0) is 43.9 Å². The fourth-order valence-electron chi connectivity index (χ4n) is 4.79. The average Bonchev–Trinajstić information content (AvgIpc) is 2.63. The molecule has 2 heteroatoms. The summed E-state index contributed by atoms with van der Waals surface area (Å²) in [7, 11) is 0. The van der Waals surface area contributed by atoms with E-state index in [9.17, 15) is 0 Å². The lowest BCUT2D eigenvalue weighted by Gasteiger charge is -2.58. The summed E-state index contributed by atoms with van der Waals surface area (Å²) >= 11 is 0. The molecule has 0 aromatic heterocycles. The zero-order valence-corrected chi connectivity index (χ0v) is 8.48. The van der Waals surface area contributed by atoms with Crippen LogP contribution in [0.15, 0.2) is 4.99 Å². The lowest BCUT2D eigenvalue weighted by molar-refractivity contribution is -0.145. The number of aliphatic imine (C=N–C) groups is 1. The first kappa shape index (κ1) is 7.72. The average molecular weight is 191 g/mol. The summed E-state index contributed by atoms with van der Waals surface area (Å²) in [5.74, 6) is 3.74. The highest BCUT2D eigenvalue weighted by Gasteiger charge is 2.59. The van der Waals surface area contributed by atoms with E-state index in [1.54, 1.807) is 6.40 Å². The van der Waals surface area contributed by atoms with Gasteiger partial charge in [-0.1, -0.05) is 0 Å². The lowest BCUT2D eigenvalue weighted by atomic mass is 9.50. The Bertz CT molecular complexity index is 259. The van der Waals surface area contributed by atoms with Crippen LogP contribution in [-0.2, 0) is 4.74 Å². The van der Waals surface area contributed by atoms with Gasteiger partial charge in [0.1, 0.15) is 5.60 Å². The van der Waals surface area contributed by atoms with Crippen LogP contribution in [0.25, 0.3) is 0 Å². The molecule has 0 radical (unpaired) electrons. The summed E-state index contributed by atoms with van der Waals surface area (Å²) in [6.07, 6.45) is 8.95. The molecule has 4 aliphatic carbocycles. The Hall–Kier alpha value is -0.530. The Morgan fingerprint density at radius 3 is 2.14 bits per heavy atom. The maximum Gasteiger partial charge on any atom is 0.170 e. The highest BCUT2D eigenvalue weighted by molar-refractivity contribution is 5.51. The molecule has 0 amide bonds. The van der Waals surface area contributed by atoms with Gasteiger partial charge in [-0.25, -0.2) is 0 Å². The van der Waals surface area contributed by atoms with Gasteiger partial charge >= 0.3 is 0 Å². The number of rotatable bonds is 0. The van der Waals surface area contributed by atoms with Crippen LogP contribution in [0.3, 0.4) is 0 Å². The Morgan fingerprint density at radius 2 is 1.64 bits per heavy atom. The predicted octanol–water partition coefficient (Wildman–Crippen LogP) is 2.24. The molecule has 4 bridgehead atoms. The minimum Gasteiger partial charge on any atom is -0.475 e. The molecule has 5 rings (SSSR count). The third-order valence-corrected chi connectivity index (χ3v) is 5.21. The number of ether oxygens (including phenoxy) is 1. The molecule has 1 spiro atoms. The van der Waals surface area contributed by atoms with E-state index in [1.165, 1.54) is 32.1 Å². The van der Waals surface area contributed by atoms with Crippen molar-refractivity contribution in [2.24, 2.45) is 28.7 Å². The molecule has 4 fully saturated rings. The molecule has 0 N–H and O–H groups in total. The van der Waals surface area contributed by atoms with Gasteiger partial charge in [-0.2, -0.15) is 0 Å². The van der Waals surface area contributed by atoms with Crippen LogP contribution < -0.4 is 0 Å². The van der Waals surface area contributed by atoms with Crippen molar-refractivity contribution in [2.45, 2.75) is 37.7 Å². The molecule has 0 aromatic carbocycles. The Kier molecular flexibility index (Phi) is 1.29. The van der Waals surface area contributed by atoms with Crippen molar-refractivity contribution in [1.29, 1.82) is 0 Å². The largest absolute Gasteiger partial charge is 0.475 e. The number of hydrogen-bond acceptors (Lipinski definition) is 2. The van der Waals surface area contributed by atoms with Crippen LogP contribution in [0.4, 0.5) is 0 Å². The fourth-order valence-corrected chi connectivity index (χ4v) is 4.79. The highest BCUT2D eigenvalue weighted by atomic mass is 16.5. The molecule has 1 aliphatic heterocycles. The van der Waals surface area contributed by atoms with E-state index in [1.807, 2.05) is 0 Å². The van der Waals surface area contributed by atoms with Crippen molar-refractivity contribution in [2.75, 3.05) is 6.54 Å². The monoisotopic (exact) mass is 191 g/mol. The predicted molar refractivity (Wildman–Crippen MR) is 54.2 cm³/mol. The maximum absolute atomic E-state index is 5.93. The van der Waals surface area contributed by atoms with Crippen molar-refractivity contribution in [3.05, 3.63) is 0 Å². The van der Waals surface area contributed by atoms with E-state index < -0.39 is 0 Å². The summed E-state index contributed by atoms with van der Waals surface area (Å²) in [5.41, 5.74) is 0.174. The highest BCUT2D eigenvalue weighted by Crippen LogP contribution is 2.60. The van der Waals surface area contributed by atoms with Crippen LogP contribution in [0.2, 0.25) is 0 Å². The summed E-state index contributed by atoms with van der Waals surface area (Å²) in [6.45, 7) is 0.960. The van der Waals surface area contributed by atoms with Crippen molar-refractivity contribution < 1.29 is 4.74 Å². The first-order chi connectivity index (χ1) is 6.87. The van der Waals surface area contributed by atoms with Crippen LogP contribution in [-0.4, -0.2) is 18.5 Å². The standard InChI is InChI=1S/C12H17NO/c1-8-2-10-4-9(1)5-11(3-8)12(10)6-13-7-14-12/h7-11H,1-6H2. The topological polar surface area (TPSA) is 21.6 Å². The molecule has 0 aromatic rings. The van der Waals surface area contributed by atoms with E-state index in [-0.39, 0.29) is 5.60 Å². The van der Waals surface area contributed by atoms with Gasteiger partial charge in [-0.3, -0.25) is 4.99 Å². The molecule has 76 valence electrons. The second kappa shape index (κ2) is 2.34. The zero-order valence-electron chi connectivity index (χ0n) is 8.48. The van der Waals surface area contributed by atoms with Gasteiger partial charge in [-0.15, -0.1) is 0 Å². The second-order valence-corrected chi connectivity index (χ2v) is 5.82. The molecule has 2 nitrogen and oxygen atoms in total. The summed E-state index contributed by atoms with van der Waals surface area (Å²) in [5, 5.41) is 0. The fraction of sp³-hybridized carbons (Fsp3) is 0.917. The van der Waals surface area contributed by atoms with E-state index in [4.69, 9.17) is 4.74 Å². The van der Waals surface area contributed by atoms with Crippen LogP contribution in [0.5, 0.6) is 0 Å².